The molecule has 0 aliphatic heterocycles. The molecule has 1 aromatic rings. The minimum absolute atomic E-state index is 0.0276. The van der Waals surface area contributed by atoms with E-state index in [2.05, 4.69) is 5.32 Å². The topological polar surface area (TPSA) is 64.3 Å². The summed E-state index contributed by atoms with van der Waals surface area (Å²) in [5.74, 6) is -0.617. The van der Waals surface area contributed by atoms with Crippen LogP contribution in [0, 0.1) is 11.2 Å². The molecule has 0 heterocycles. The summed E-state index contributed by atoms with van der Waals surface area (Å²) in [7, 11) is 1.38. The lowest BCUT2D eigenvalue weighted by atomic mass is 9.86. The number of rotatable bonds is 5. The third kappa shape index (κ3) is 3.10. The summed E-state index contributed by atoms with van der Waals surface area (Å²) >= 11 is 0. The van der Waals surface area contributed by atoms with Crippen LogP contribution in [0.25, 0.3) is 0 Å². The third-order valence-electron chi connectivity index (χ3n) is 4.13. The Morgan fingerprint density at radius 2 is 2.15 bits per heavy atom. The van der Waals surface area contributed by atoms with Crippen molar-refractivity contribution in [3.05, 3.63) is 29.6 Å². The zero-order valence-electron chi connectivity index (χ0n) is 11.7. The van der Waals surface area contributed by atoms with Crippen molar-refractivity contribution in [3.8, 4) is 5.75 Å². The van der Waals surface area contributed by atoms with E-state index < -0.39 is 5.82 Å². The number of ether oxygens (including phenoxy) is 1. The van der Waals surface area contributed by atoms with Crippen LogP contribution in [0.2, 0.25) is 0 Å². The normalized spacial score (nSPS) is 16.9. The Bertz CT molecular complexity index is 485. The number of amides is 1. The van der Waals surface area contributed by atoms with Gasteiger partial charge in [0.15, 0.2) is 11.6 Å². The van der Waals surface area contributed by atoms with Crippen LogP contribution in [0.15, 0.2) is 18.2 Å². The van der Waals surface area contributed by atoms with Crippen LogP contribution in [-0.2, 0) is 0 Å². The number of carbonyl (C=O) groups is 1. The van der Waals surface area contributed by atoms with Crippen molar-refractivity contribution in [1.82, 2.24) is 5.32 Å². The second-order valence-corrected chi connectivity index (χ2v) is 5.44. The highest BCUT2D eigenvalue weighted by Crippen LogP contribution is 2.36. The summed E-state index contributed by atoms with van der Waals surface area (Å²) in [5.41, 5.74) is 6.26. The first kappa shape index (κ1) is 14.8. The molecule has 2 rings (SSSR count). The Morgan fingerprint density at radius 1 is 1.45 bits per heavy atom. The van der Waals surface area contributed by atoms with E-state index >= 15 is 0 Å². The Morgan fingerprint density at radius 3 is 2.75 bits per heavy atom. The number of halogens is 1. The van der Waals surface area contributed by atoms with E-state index in [9.17, 15) is 9.18 Å². The van der Waals surface area contributed by atoms with E-state index in [0.29, 0.717) is 18.7 Å². The summed E-state index contributed by atoms with van der Waals surface area (Å²) < 4.78 is 18.2. The van der Waals surface area contributed by atoms with Gasteiger partial charge in [0.1, 0.15) is 0 Å². The van der Waals surface area contributed by atoms with Gasteiger partial charge >= 0.3 is 0 Å². The van der Waals surface area contributed by atoms with Crippen molar-refractivity contribution >= 4 is 5.91 Å². The number of benzene rings is 1. The van der Waals surface area contributed by atoms with Crippen LogP contribution in [0.4, 0.5) is 4.39 Å². The fraction of sp³-hybridized carbons (Fsp3) is 0.533. The van der Waals surface area contributed by atoms with E-state index in [-0.39, 0.29) is 17.1 Å². The van der Waals surface area contributed by atoms with Gasteiger partial charge < -0.3 is 15.8 Å². The lowest BCUT2D eigenvalue weighted by molar-refractivity contribution is 0.0931. The number of nitrogens with two attached hydrogens (primary N) is 1. The number of nitrogens with one attached hydrogen (secondary N) is 1. The molecule has 1 saturated carbocycles. The summed E-state index contributed by atoms with van der Waals surface area (Å²) in [6.45, 7) is 1.15. The molecule has 3 N–H and O–H groups in total. The highest BCUT2D eigenvalue weighted by Gasteiger charge is 2.32. The molecule has 0 radical (unpaired) electrons. The van der Waals surface area contributed by atoms with Gasteiger partial charge in [0.2, 0.25) is 0 Å². The molecule has 5 heteroatoms. The molecule has 20 heavy (non-hydrogen) atoms. The fourth-order valence-electron chi connectivity index (χ4n) is 2.75. The standard InChI is InChI=1S/C15H21FN2O2/c1-20-13-8-11(4-5-12(13)16)14(19)18-10-15(9-17)6-2-3-7-15/h4-5,8H,2-3,6-7,9-10,17H2,1H3,(H,18,19). The van der Waals surface area contributed by atoms with E-state index in [1.807, 2.05) is 0 Å². The minimum Gasteiger partial charge on any atom is -0.494 e. The van der Waals surface area contributed by atoms with Crippen molar-refractivity contribution in [1.29, 1.82) is 0 Å². The van der Waals surface area contributed by atoms with Gasteiger partial charge in [0, 0.05) is 12.1 Å². The second kappa shape index (κ2) is 6.22. The average Bonchev–Trinajstić information content (AvgIpc) is 2.95. The first-order valence-corrected chi connectivity index (χ1v) is 6.92. The predicted molar refractivity (Wildman–Crippen MR) is 75.2 cm³/mol. The van der Waals surface area contributed by atoms with Crippen LogP contribution in [0.1, 0.15) is 36.0 Å². The Labute approximate surface area is 118 Å². The Hall–Kier alpha value is -1.62. The molecule has 1 aliphatic rings. The molecule has 110 valence electrons. The van der Waals surface area contributed by atoms with Crippen molar-refractivity contribution < 1.29 is 13.9 Å². The number of methoxy groups -OCH3 is 1. The van der Waals surface area contributed by atoms with Gasteiger partial charge in [-0.05, 0) is 43.0 Å². The molecule has 0 bridgehead atoms. The molecule has 1 amide bonds. The van der Waals surface area contributed by atoms with Crippen LogP contribution < -0.4 is 15.8 Å². The van der Waals surface area contributed by atoms with Crippen LogP contribution >= 0.6 is 0 Å². The van der Waals surface area contributed by atoms with E-state index in [1.54, 1.807) is 0 Å². The van der Waals surface area contributed by atoms with Crippen molar-refractivity contribution in [2.75, 3.05) is 20.2 Å². The molecule has 1 aromatic carbocycles. The maximum atomic E-state index is 13.3. The fourth-order valence-corrected chi connectivity index (χ4v) is 2.75. The zero-order chi connectivity index (χ0) is 14.6. The SMILES string of the molecule is COc1cc(C(=O)NCC2(CN)CCCC2)ccc1F. The maximum absolute atomic E-state index is 13.3. The summed E-state index contributed by atoms with van der Waals surface area (Å²) in [4.78, 5) is 12.1. The van der Waals surface area contributed by atoms with Gasteiger partial charge in [-0.1, -0.05) is 12.8 Å². The molecule has 0 saturated heterocycles. The molecule has 0 spiro atoms. The van der Waals surface area contributed by atoms with Gasteiger partial charge in [0.25, 0.3) is 5.91 Å². The third-order valence-corrected chi connectivity index (χ3v) is 4.13. The Kier molecular flexibility index (Phi) is 4.60. The van der Waals surface area contributed by atoms with Gasteiger partial charge in [0.05, 0.1) is 7.11 Å². The molecule has 0 unspecified atom stereocenters. The minimum atomic E-state index is -0.474. The first-order valence-electron chi connectivity index (χ1n) is 6.92. The summed E-state index contributed by atoms with van der Waals surface area (Å²) in [6, 6.07) is 4.10. The van der Waals surface area contributed by atoms with Gasteiger partial charge in [-0.25, -0.2) is 4.39 Å². The lowest BCUT2D eigenvalue weighted by Crippen LogP contribution is -2.40. The van der Waals surface area contributed by atoms with E-state index in [4.69, 9.17) is 10.5 Å². The van der Waals surface area contributed by atoms with Gasteiger partial charge in [-0.15, -0.1) is 0 Å². The quantitative estimate of drug-likeness (QED) is 0.868. The molecular formula is C15H21FN2O2. The monoisotopic (exact) mass is 280 g/mol. The van der Waals surface area contributed by atoms with Crippen LogP contribution in [0.3, 0.4) is 0 Å². The van der Waals surface area contributed by atoms with Gasteiger partial charge in [-0.2, -0.15) is 0 Å². The largest absolute Gasteiger partial charge is 0.494 e. The van der Waals surface area contributed by atoms with Gasteiger partial charge in [-0.3, -0.25) is 4.79 Å². The average molecular weight is 280 g/mol. The second-order valence-electron chi connectivity index (χ2n) is 5.44. The van der Waals surface area contributed by atoms with E-state index in [0.717, 1.165) is 25.7 Å². The highest BCUT2D eigenvalue weighted by atomic mass is 19.1. The molecule has 1 fully saturated rings. The molecular weight excluding hydrogens is 259 g/mol. The first-order chi connectivity index (χ1) is 9.60. The predicted octanol–water partition coefficient (Wildman–Crippen LogP) is 2.08. The lowest BCUT2D eigenvalue weighted by Gasteiger charge is -2.27. The number of carbonyl (C=O) groups excluding carboxylic acids is 1. The summed E-state index contributed by atoms with van der Waals surface area (Å²) in [5, 5.41) is 2.91. The molecule has 4 nitrogen and oxygen atoms in total. The highest BCUT2D eigenvalue weighted by molar-refractivity contribution is 5.94. The maximum Gasteiger partial charge on any atom is 0.251 e. The van der Waals surface area contributed by atoms with Crippen molar-refractivity contribution in [2.45, 2.75) is 25.7 Å². The number of hydrogen-bond donors (Lipinski definition) is 2. The zero-order valence-corrected chi connectivity index (χ0v) is 11.7. The smallest absolute Gasteiger partial charge is 0.251 e. The molecule has 0 aromatic heterocycles. The number of hydrogen-bond acceptors (Lipinski definition) is 3. The van der Waals surface area contributed by atoms with Crippen molar-refractivity contribution in [2.24, 2.45) is 11.1 Å². The molecule has 0 atom stereocenters. The van der Waals surface area contributed by atoms with Crippen molar-refractivity contribution in [3.63, 3.8) is 0 Å². The van der Waals surface area contributed by atoms with Crippen LogP contribution in [-0.4, -0.2) is 26.1 Å². The Balaban J connectivity index is 2.01. The summed E-state index contributed by atoms with van der Waals surface area (Å²) in [6.07, 6.45) is 4.43. The molecule has 1 aliphatic carbocycles. The van der Waals surface area contributed by atoms with E-state index in [1.165, 1.54) is 25.3 Å². The van der Waals surface area contributed by atoms with Crippen LogP contribution in [0.5, 0.6) is 5.75 Å².